The maximum absolute atomic E-state index is 8.93. The summed E-state index contributed by atoms with van der Waals surface area (Å²) in [5.74, 6) is 1.65. The molecule has 0 aromatic carbocycles. The first-order chi connectivity index (χ1) is 7.20. The van der Waals surface area contributed by atoms with Gasteiger partial charge in [-0.25, -0.2) is 0 Å². The minimum Gasteiger partial charge on any atom is -0.354 e. The molecule has 1 rings (SSSR count). The number of hydrogen-bond acceptors (Lipinski definition) is 5. The van der Waals surface area contributed by atoms with Crippen LogP contribution in [-0.2, 0) is 0 Å². The Labute approximate surface area is 94.3 Å². The lowest BCUT2D eigenvalue weighted by Crippen LogP contribution is -2.32. The topological polar surface area (TPSA) is 52.8 Å². The highest BCUT2D eigenvalue weighted by atomic mass is 32.2. The van der Waals surface area contributed by atoms with E-state index < -0.39 is 0 Å². The van der Waals surface area contributed by atoms with Crippen molar-refractivity contribution >= 4 is 17.6 Å². The zero-order valence-corrected chi connectivity index (χ0v) is 9.95. The van der Waals surface area contributed by atoms with Gasteiger partial charge in [-0.1, -0.05) is 0 Å². The van der Waals surface area contributed by atoms with Crippen molar-refractivity contribution in [2.24, 2.45) is 0 Å². The first kappa shape index (κ1) is 11.8. The van der Waals surface area contributed by atoms with Crippen LogP contribution in [0.1, 0.15) is 12.5 Å². The normalized spacial score (nSPS) is 11.9. The summed E-state index contributed by atoms with van der Waals surface area (Å²) < 4.78 is 0. The predicted octanol–water partition coefficient (Wildman–Crippen LogP) is 1.54. The van der Waals surface area contributed by atoms with Crippen molar-refractivity contribution in [3.63, 3.8) is 0 Å². The fourth-order valence-electron chi connectivity index (χ4n) is 1.23. The number of hydrogen-bond donors (Lipinski definition) is 0. The molecule has 5 heteroatoms. The van der Waals surface area contributed by atoms with E-state index in [4.69, 9.17) is 5.26 Å². The van der Waals surface area contributed by atoms with Gasteiger partial charge in [-0.15, -0.1) is 5.10 Å². The molecule has 0 N–H and O–H groups in total. The van der Waals surface area contributed by atoms with Gasteiger partial charge in [-0.3, -0.25) is 0 Å². The quantitative estimate of drug-likeness (QED) is 0.773. The largest absolute Gasteiger partial charge is 0.354 e. The van der Waals surface area contributed by atoms with Gasteiger partial charge in [-0.2, -0.15) is 22.1 Å². The Morgan fingerprint density at radius 1 is 1.67 bits per heavy atom. The van der Waals surface area contributed by atoms with E-state index in [0.717, 1.165) is 5.75 Å². The van der Waals surface area contributed by atoms with Crippen LogP contribution < -0.4 is 4.90 Å². The van der Waals surface area contributed by atoms with Gasteiger partial charge in [0, 0.05) is 18.8 Å². The number of nitriles is 1. The summed E-state index contributed by atoms with van der Waals surface area (Å²) in [6.07, 6.45) is 3.60. The van der Waals surface area contributed by atoms with Crippen LogP contribution in [0, 0.1) is 11.3 Å². The molecule has 1 heterocycles. The van der Waals surface area contributed by atoms with Gasteiger partial charge in [-0.05, 0) is 19.2 Å². The molecule has 0 aliphatic carbocycles. The zero-order valence-electron chi connectivity index (χ0n) is 9.14. The second kappa shape index (κ2) is 5.56. The molecule has 4 nitrogen and oxygen atoms in total. The highest BCUT2D eigenvalue weighted by molar-refractivity contribution is 7.98. The molecule has 0 radical (unpaired) electrons. The Bertz CT molecular complexity index is 361. The maximum atomic E-state index is 8.93. The third kappa shape index (κ3) is 2.83. The van der Waals surface area contributed by atoms with E-state index in [9.17, 15) is 0 Å². The Morgan fingerprint density at radius 2 is 2.40 bits per heavy atom. The lowest BCUT2D eigenvalue weighted by Gasteiger charge is -2.25. The molecule has 1 atom stereocenters. The van der Waals surface area contributed by atoms with Crippen LogP contribution in [0.5, 0.6) is 0 Å². The van der Waals surface area contributed by atoms with Crippen molar-refractivity contribution in [2.45, 2.75) is 13.0 Å². The molecule has 1 aromatic rings. The summed E-state index contributed by atoms with van der Waals surface area (Å²) in [6.45, 7) is 2.10. The molecule has 0 aliphatic rings. The Morgan fingerprint density at radius 3 is 3.00 bits per heavy atom. The lowest BCUT2D eigenvalue weighted by molar-refractivity contribution is 0.742. The van der Waals surface area contributed by atoms with E-state index in [2.05, 4.69) is 29.4 Å². The minimum atomic E-state index is 0.337. The summed E-state index contributed by atoms with van der Waals surface area (Å²) in [5, 5.41) is 16.7. The molecule has 0 saturated heterocycles. The summed E-state index contributed by atoms with van der Waals surface area (Å²) in [6, 6.07) is 4.14. The van der Waals surface area contributed by atoms with Crippen molar-refractivity contribution < 1.29 is 0 Å². The fourth-order valence-corrected chi connectivity index (χ4v) is 1.94. The van der Waals surface area contributed by atoms with Crippen molar-refractivity contribution in [1.29, 1.82) is 5.26 Å². The maximum Gasteiger partial charge on any atom is 0.169 e. The third-order valence-corrected chi connectivity index (χ3v) is 3.04. The van der Waals surface area contributed by atoms with Gasteiger partial charge in [0.1, 0.15) is 6.07 Å². The van der Waals surface area contributed by atoms with Crippen LogP contribution in [0.4, 0.5) is 5.82 Å². The second-order valence-electron chi connectivity index (χ2n) is 3.30. The molecule has 0 spiro atoms. The number of thioether (sulfide) groups is 1. The molecule has 1 unspecified atom stereocenters. The van der Waals surface area contributed by atoms with Crippen molar-refractivity contribution in [2.75, 3.05) is 24.0 Å². The first-order valence-corrected chi connectivity index (χ1v) is 6.03. The summed E-state index contributed by atoms with van der Waals surface area (Å²) in [7, 11) is 1.94. The van der Waals surface area contributed by atoms with Gasteiger partial charge in [0.05, 0.1) is 11.8 Å². The molecule has 1 aromatic heterocycles. The van der Waals surface area contributed by atoms with Crippen LogP contribution in [0.15, 0.2) is 12.3 Å². The molecule has 0 aliphatic heterocycles. The minimum absolute atomic E-state index is 0.337. The van der Waals surface area contributed by atoms with Crippen LogP contribution in [0.3, 0.4) is 0 Å². The number of anilines is 1. The molecule has 0 amide bonds. The summed E-state index contributed by atoms with van der Waals surface area (Å²) in [4.78, 5) is 1.99. The fraction of sp³-hybridized carbons (Fsp3) is 0.500. The highest BCUT2D eigenvalue weighted by Crippen LogP contribution is 2.17. The Kier molecular flexibility index (Phi) is 4.37. The number of aromatic nitrogens is 2. The highest BCUT2D eigenvalue weighted by Gasteiger charge is 2.14. The molecule has 15 heavy (non-hydrogen) atoms. The molecule has 0 saturated carbocycles. The van der Waals surface area contributed by atoms with Gasteiger partial charge in [0.2, 0.25) is 0 Å². The van der Waals surface area contributed by atoms with E-state index in [1.54, 1.807) is 17.8 Å². The predicted molar refractivity (Wildman–Crippen MR) is 63.0 cm³/mol. The van der Waals surface area contributed by atoms with Gasteiger partial charge < -0.3 is 4.90 Å². The monoisotopic (exact) mass is 222 g/mol. The van der Waals surface area contributed by atoms with Crippen molar-refractivity contribution in [3.8, 4) is 6.07 Å². The van der Waals surface area contributed by atoms with Gasteiger partial charge in [0.25, 0.3) is 0 Å². The zero-order chi connectivity index (χ0) is 11.3. The molecular formula is C10H14N4S. The van der Waals surface area contributed by atoms with E-state index >= 15 is 0 Å². The van der Waals surface area contributed by atoms with Gasteiger partial charge in [0.15, 0.2) is 5.82 Å². The average Bonchev–Trinajstić information content (AvgIpc) is 2.28. The average molecular weight is 222 g/mol. The van der Waals surface area contributed by atoms with Crippen LogP contribution in [0.25, 0.3) is 0 Å². The van der Waals surface area contributed by atoms with Crippen LogP contribution in [0.2, 0.25) is 0 Å². The smallest absolute Gasteiger partial charge is 0.169 e. The second-order valence-corrected chi connectivity index (χ2v) is 4.21. The number of rotatable bonds is 4. The standard InChI is InChI=1S/C10H14N4S/c1-8(7-15-3)14(2)10-9(6-11)4-5-12-13-10/h4-5,8H,7H2,1-3H3. The molecule has 80 valence electrons. The molecule has 0 bridgehead atoms. The Hall–Kier alpha value is -1.28. The summed E-state index contributed by atoms with van der Waals surface area (Å²) in [5.41, 5.74) is 0.570. The molecule has 0 fully saturated rings. The Balaban J connectivity index is 2.91. The van der Waals surface area contributed by atoms with Crippen LogP contribution in [-0.4, -0.2) is 35.3 Å². The molecular weight excluding hydrogens is 208 g/mol. The van der Waals surface area contributed by atoms with Crippen molar-refractivity contribution in [1.82, 2.24) is 10.2 Å². The third-order valence-electron chi connectivity index (χ3n) is 2.22. The van der Waals surface area contributed by atoms with E-state index in [0.29, 0.717) is 17.4 Å². The van der Waals surface area contributed by atoms with Gasteiger partial charge >= 0.3 is 0 Å². The van der Waals surface area contributed by atoms with E-state index in [1.807, 2.05) is 11.9 Å². The van der Waals surface area contributed by atoms with E-state index in [-0.39, 0.29) is 0 Å². The first-order valence-electron chi connectivity index (χ1n) is 4.64. The van der Waals surface area contributed by atoms with Crippen LogP contribution >= 0.6 is 11.8 Å². The number of nitrogens with zero attached hydrogens (tertiary/aromatic N) is 4. The SMILES string of the molecule is CSCC(C)N(C)c1nnccc1C#N. The van der Waals surface area contributed by atoms with Crippen molar-refractivity contribution in [3.05, 3.63) is 17.8 Å². The summed E-state index contributed by atoms with van der Waals surface area (Å²) >= 11 is 1.77. The van der Waals surface area contributed by atoms with E-state index in [1.165, 1.54) is 6.20 Å². The lowest BCUT2D eigenvalue weighted by atomic mass is 10.2.